The standard InChI is InChI=1S/C59H110NO8P/c1-6-8-10-12-14-16-18-20-22-23-24-25-26-27-28-29-30-31-32-33-34-35-36-37-38-40-42-44-46-48-50-52-59(62)68-57(56-67-69(63,64)66-54-53-60(3,4)5)55-65-58(61)51-49-47-45-43-41-39-21-19-17-15-13-11-9-7-2/h13,15,18-21,23-24,57H,6-12,14,16-17,22,25-56H2,1-5H3/b15-13-,20-18-,21-19-,24-23-. The summed E-state index contributed by atoms with van der Waals surface area (Å²) in [7, 11) is 1.16. The number of unbranched alkanes of at least 4 members (excludes halogenated alkanes) is 31. The summed E-state index contributed by atoms with van der Waals surface area (Å²) in [6.45, 7) is 4.19. The number of nitrogens with zero attached hydrogens (tertiary/aromatic N) is 1. The highest BCUT2D eigenvalue weighted by Gasteiger charge is 2.22. The van der Waals surface area contributed by atoms with Gasteiger partial charge in [0.05, 0.1) is 27.7 Å². The lowest BCUT2D eigenvalue weighted by atomic mass is 10.0. The second-order valence-corrected chi connectivity index (χ2v) is 22.1. The lowest BCUT2D eigenvalue weighted by Crippen LogP contribution is -2.37. The number of ether oxygens (including phenoxy) is 2. The monoisotopic (exact) mass is 992 g/mol. The molecule has 69 heavy (non-hydrogen) atoms. The number of carbonyl (C=O) groups excluding carboxylic acids is 2. The molecule has 2 atom stereocenters. The van der Waals surface area contributed by atoms with Crippen molar-refractivity contribution in [3.05, 3.63) is 48.6 Å². The predicted molar refractivity (Wildman–Crippen MR) is 291 cm³/mol. The fourth-order valence-electron chi connectivity index (χ4n) is 8.06. The average Bonchev–Trinajstić information content (AvgIpc) is 3.31. The molecule has 0 amide bonds. The minimum atomic E-state index is -4.63. The molecule has 0 radical (unpaired) electrons. The maximum atomic E-state index is 12.8. The number of phosphoric acid groups is 1. The average molecular weight is 993 g/mol. The van der Waals surface area contributed by atoms with Crippen molar-refractivity contribution < 1.29 is 42.1 Å². The Balaban J connectivity index is 4.04. The van der Waals surface area contributed by atoms with Crippen LogP contribution in [0, 0.1) is 0 Å². The second kappa shape index (κ2) is 50.9. The lowest BCUT2D eigenvalue weighted by molar-refractivity contribution is -0.870. The molecule has 0 aliphatic heterocycles. The van der Waals surface area contributed by atoms with Crippen LogP contribution in [0.3, 0.4) is 0 Å². The number of esters is 2. The normalized spacial score (nSPS) is 13.7. The van der Waals surface area contributed by atoms with Crippen molar-refractivity contribution in [2.45, 2.75) is 270 Å². The van der Waals surface area contributed by atoms with Gasteiger partial charge in [-0.3, -0.25) is 14.2 Å². The maximum absolute atomic E-state index is 12.8. The Hall–Kier alpha value is -2.03. The molecule has 0 aromatic carbocycles. The van der Waals surface area contributed by atoms with Crippen LogP contribution in [0.5, 0.6) is 0 Å². The number of phosphoric ester groups is 1. The van der Waals surface area contributed by atoms with E-state index in [1.54, 1.807) is 0 Å². The van der Waals surface area contributed by atoms with Gasteiger partial charge in [0, 0.05) is 12.8 Å². The first-order valence-corrected chi connectivity index (χ1v) is 30.3. The number of hydrogen-bond acceptors (Lipinski definition) is 8. The van der Waals surface area contributed by atoms with Crippen LogP contribution in [0.25, 0.3) is 0 Å². The number of likely N-dealkylation sites (N-methyl/N-ethyl adjacent to an activating group) is 1. The topological polar surface area (TPSA) is 111 Å². The molecule has 0 bridgehead atoms. The van der Waals surface area contributed by atoms with Crippen LogP contribution in [0.1, 0.15) is 264 Å². The third-order valence-electron chi connectivity index (χ3n) is 12.6. The van der Waals surface area contributed by atoms with E-state index in [1.165, 1.54) is 154 Å². The van der Waals surface area contributed by atoms with E-state index in [4.69, 9.17) is 18.5 Å². The largest absolute Gasteiger partial charge is 0.756 e. The Morgan fingerprint density at radius 1 is 0.449 bits per heavy atom. The highest BCUT2D eigenvalue weighted by Crippen LogP contribution is 2.38. The van der Waals surface area contributed by atoms with Gasteiger partial charge in [-0.2, -0.15) is 0 Å². The number of allylic oxidation sites excluding steroid dienone is 8. The summed E-state index contributed by atoms with van der Waals surface area (Å²) in [5.74, 6) is -0.842. The summed E-state index contributed by atoms with van der Waals surface area (Å²) < 4.78 is 34.1. The fourth-order valence-corrected chi connectivity index (χ4v) is 8.79. The maximum Gasteiger partial charge on any atom is 0.306 e. The molecule has 0 fully saturated rings. The third kappa shape index (κ3) is 55.1. The van der Waals surface area contributed by atoms with Gasteiger partial charge in [0.15, 0.2) is 6.10 Å². The Kier molecular flexibility index (Phi) is 49.4. The number of carbonyl (C=O) groups is 2. The van der Waals surface area contributed by atoms with Gasteiger partial charge in [-0.15, -0.1) is 0 Å². The van der Waals surface area contributed by atoms with Gasteiger partial charge in [0.1, 0.15) is 19.8 Å². The van der Waals surface area contributed by atoms with Crippen molar-refractivity contribution in [2.24, 2.45) is 0 Å². The minimum Gasteiger partial charge on any atom is -0.756 e. The van der Waals surface area contributed by atoms with Crippen LogP contribution in [-0.4, -0.2) is 70.0 Å². The Morgan fingerprint density at radius 3 is 1.19 bits per heavy atom. The molecular formula is C59H110NO8P. The van der Waals surface area contributed by atoms with Crippen LogP contribution in [0.2, 0.25) is 0 Å². The van der Waals surface area contributed by atoms with E-state index in [0.29, 0.717) is 23.9 Å². The second-order valence-electron chi connectivity index (χ2n) is 20.6. The number of rotatable bonds is 53. The van der Waals surface area contributed by atoms with Crippen molar-refractivity contribution in [1.82, 2.24) is 0 Å². The van der Waals surface area contributed by atoms with Gasteiger partial charge in [-0.1, -0.05) is 229 Å². The lowest BCUT2D eigenvalue weighted by Gasteiger charge is -2.28. The van der Waals surface area contributed by atoms with Crippen LogP contribution < -0.4 is 4.89 Å². The first-order chi connectivity index (χ1) is 33.5. The highest BCUT2D eigenvalue weighted by atomic mass is 31.2. The quantitative estimate of drug-likeness (QED) is 0.0195. The van der Waals surface area contributed by atoms with Gasteiger partial charge >= 0.3 is 11.9 Å². The molecule has 0 rings (SSSR count). The van der Waals surface area contributed by atoms with Gasteiger partial charge in [-0.25, -0.2) is 0 Å². The Bertz CT molecular complexity index is 1310. The van der Waals surface area contributed by atoms with Crippen LogP contribution in [0.4, 0.5) is 0 Å². The zero-order chi connectivity index (χ0) is 50.6. The van der Waals surface area contributed by atoms with Crippen LogP contribution >= 0.6 is 7.82 Å². The highest BCUT2D eigenvalue weighted by molar-refractivity contribution is 7.45. The minimum absolute atomic E-state index is 0.0328. The molecule has 10 heteroatoms. The van der Waals surface area contributed by atoms with E-state index in [9.17, 15) is 19.0 Å². The van der Waals surface area contributed by atoms with E-state index in [2.05, 4.69) is 62.5 Å². The molecule has 0 spiro atoms. The zero-order valence-electron chi connectivity index (χ0n) is 45.8. The molecule has 404 valence electrons. The first kappa shape index (κ1) is 67.0. The van der Waals surface area contributed by atoms with Gasteiger partial charge in [-0.05, 0) is 70.6 Å². The van der Waals surface area contributed by atoms with Crippen molar-refractivity contribution >= 4 is 19.8 Å². The van der Waals surface area contributed by atoms with Crippen molar-refractivity contribution in [3.63, 3.8) is 0 Å². The summed E-state index contributed by atoms with van der Waals surface area (Å²) in [5, 5.41) is 0. The summed E-state index contributed by atoms with van der Waals surface area (Å²) in [6.07, 6.45) is 63.1. The smallest absolute Gasteiger partial charge is 0.306 e. The van der Waals surface area contributed by atoms with Crippen molar-refractivity contribution in [3.8, 4) is 0 Å². The zero-order valence-corrected chi connectivity index (χ0v) is 46.7. The van der Waals surface area contributed by atoms with E-state index in [0.717, 1.165) is 70.6 Å². The van der Waals surface area contributed by atoms with E-state index >= 15 is 0 Å². The molecule has 0 aromatic heterocycles. The fraction of sp³-hybridized carbons (Fsp3) is 0.831. The predicted octanol–water partition coefficient (Wildman–Crippen LogP) is 17.1. The Labute approximate surface area is 426 Å². The molecule has 0 aliphatic rings. The van der Waals surface area contributed by atoms with Gasteiger partial charge in [0.25, 0.3) is 7.82 Å². The molecule has 9 nitrogen and oxygen atoms in total. The molecule has 0 heterocycles. The van der Waals surface area contributed by atoms with Gasteiger partial charge < -0.3 is 27.9 Å². The SMILES string of the molecule is CCCC/C=C\C/C=C\CCCCCCCC(=O)OCC(COP(=O)([O-])OCC[N+](C)(C)C)OC(=O)CCCCCCCCCCCCCCCCCCCCC/C=C\C/C=C\CCCCCCC. The first-order valence-electron chi connectivity index (χ1n) is 28.8. The molecule has 0 N–H and O–H groups in total. The van der Waals surface area contributed by atoms with Crippen molar-refractivity contribution in [2.75, 3.05) is 47.5 Å². The van der Waals surface area contributed by atoms with E-state index in [1.807, 2.05) is 21.1 Å². The number of hydrogen-bond donors (Lipinski definition) is 0. The number of quaternary nitrogens is 1. The van der Waals surface area contributed by atoms with Crippen molar-refractivity contribution in [1.29, 1.82) is 0 Å². The summed E-state index contributed by atoms with van der Waals surface area (Å²) in [4.78, 5) is 37.8. The van der Waals surface area contributed by atoms with Crippen LogP contribution in [-0.2, 0) is 32.7 Å². The molecule has 2 unspecified atom stereocenters. The summed E-state index contributed by atoms with van der Waals surface area (Å²) in [6, 6.07) is 0. The Morgan fingerprint density at radius 2 is 0.797 bits per heavy atom. The molecular weight excluding hydrogens is 882 g/mol. The summed E-state index contributed by atoms with van der Waals surface area (Å²) >= 11 is 0. The summed E-state index contributed by atoms with van der Waals surface area (Å²) in [5.41, 5.74) is 0. The van der Waals surface area contributed by atoms with E-state index < -0.39 is 32.5 Å². The van der Waals surface area contributed by atoms with Gasteiger partial charge in [0.2, 0.25) is 0 Å². The molecule has 0 saturated heterocycles. The van der Waals surface area contributed by atoms with E-state index in [-0.39, 0.29) is 26.1 Å². The van der Waals surface area contributed by atoms with Crippen LogP contribution in [0.15, 0.2) is 48.6 Å². The molecule has 0 aromatic rings. The molecule has 0 aliphatic carbocycles. The third-order valence-corrected chi connectivity index (χ3v) is 13.5. The molecule has 0 saturated carbocycles.